The zero-order chi connectivity index (χ0) is 19.5. The number of benzene rings is 2. The molecule has 0 aliphatic rings. The lowest BCUT2D eigenvalue weighted by Gasteiger charge is -2.14. The predicted octanol–water partition coefficient (Wildman–Crippen LogP) is 3.40. The summed E-state index contributed by atoms with van der Waals surface area (Å²) in [6, 6.07) is 16.7. The molecule has 0 aliphatic heterocycles. The molecule has 0 atom stereocenters. The smallest absolute Gasteiger partial charge is 0.191 e. The molecule has 2 aromatic rings. The molecule has 0 heterocycles. The van der Waals surface area contributed by atoms with Crippen LogP contribution in [0.5, 0.6) is 5.75 Å². The lowest BCUT2D eigenvalue weighted by molar-refractivity contribution is 0.345. The first kappa shape index (κ1) is 20.8. The molecule has 0 aliphatic carbocycles. The van der Waals surface area contributed by atoms with E-state index in [4.69, 9.17) is 9.73 Å². The first-order valence-electron chi connectivity index (χ1n) is 9.56. The average molecular weight is 369 g/mol. The van der Waals surface area contributed by atoms with Gasteiger partial charge in [0.15, 0.2) is 5.96 Å². The minimum Gasteiger partial charge on any atom is -0.497 e. The quantitative estimate of drug-likeness (QED) is 0.526. The van der Waals surface area contributed by atoms with Gasteiger partial charge in [0.1, 0.15) is 5.75 Å². The van der Waals surface area contributed by atoms with Crippen LogP contribution in [0.2, 0.25) is 0 Å². The molecule has 146 valence electrons. The fourth-order valence-electron chi connectivity index (χ4n) is 2.69. The number of hydrogen-bond acceptors (Lipinski definition) is 3. The monoisotopic (exact) mass is 368 g/mol. The number of guanidine groups is 1. The van der Waals surface area contributed by atoms with Crippen molar-refractivity contribution in [3.05, 3.63) is 65.2 Å². The summed E-state index contributed by atoms with van der Waals surface area (Å²) >= 11 is 0. The first-order chi connectivity index (χ1) is 13.1. The number of nitrogens with one attached hydrogen (secondary N) is 2. The van der Waals surface area contributed by atoms with Crippen LogP contribution in [0.15, 0.2) is 53.5 Å². The van der Waals surface area contributed by atoms with E-state index in [1.807, 2.05) is 12.1 Å². The number of hydrogen-bond donors (Lipinski definition) is 2. The topological polar surface area (TPSA) is 48.9 Å². The van der Waals surface area contributed by atoms with Gasteiger partial charge in [-0.05, 0) is 49.3 Å². The van der Waals surface area contributed by atoms with E-state index in [-0.39, 0.29) is 0 Å². The third-order valence-electron chi connectivity index (χ3n) is 4.37. The highest BCUT2D eigenvalue weighted by molar-refractivity contribution is 5.79. The summed E-state index contributed by atoms with van der Waals surface area (Å²) in [4.78, 5) is 7.02. The Morgan fingerprint density at radius 3 is 2.41 bits per heavy atom. The Labute approximate surface area is 163 Å². The number of ether oxygens (including phenoxy) is 1. The van der Waals surface area contributed by atoms with Gasteiger partial charge in [-0.15, -0.1) is 0 Å². The Hall–Kier alpha value is -2.53. The van der Waals surface area contributed by atoms with E-state index in [0.29, 0.717) is 6.54 Å². The van der Waals surface area contributed by atoms with Gasteiger partial charge in [-0.3, -0.25) is 0 Å². The van der Waals surface area contributed by atoms with Crippen LogP contribution in [-0.2, 0) is 19.6 Å². The molecule has 5 nitrogen and oxygen atoms in total. The highest BCUT2D eigenvalue weighted by atomic mass is 16.5. The van der Waals surface area contributed by atoms with E-state index in [2.05, 4.69) is 72.8 Å². The second-order valence-electron chi connectivity index (χ2n) is 6.55. The Bertz CT molecular complexity index is 713. The van der Waals surface area contributed by atoms with Gasteiger partial charge in [-0.1, -0.05) is 43.3 Å². The van der Waals surface area contributed by atoms with Crippen molar-refractivity contribution in [1.82, 2.24) is 15.5 Å². The number of methoxy groups -OCH3 is 1. The predicted molar refractivity (Wildman–Crippen MR) is 113 cm³/mol. The molecule has 0 aromatic heterocycles. The fraction of sp³-hybridized carbons (Fsp3) is 0.409. The van der Waals surface area contributed by atoms with E-state index in [1.54, 1.807) is 7.11 Å². The second kappa shape index (κ2) is 11.2. The summed E-state index contributed by atoms with van der Waals surface area (Å²) in [6.45, 7) is 8.46. The van der Waals surface area contributed by atoms with Crippen molar-refractivity contribution in [3.8, 4) is 5.75 Å². The summed E-state index contributed by atoms with van der Waals surface area (Å²) in [5, 5.41) is 6.70. The maximum atomic E-state index is 5.20. The molecule has 2 N–H and O–H groups in total. The van der Waals surface area contributed by atoms with E-state index >= 15 is 0 Å². The largest absolute Gasteiger partial charge is 0.497 e. The van der Waals surface area contributed by atoms with Crippen LogP contribution in [0.3, 0.4) is 0 Å². The number of aliphatic imine (C=N–C) groups is 1. The Morgan fingerprint density at radius 1 is 1.00 bits per heavy atom. The average Bonchev–Trinajstić information content (AvgIpc) is 2.70. The van der Waals surface area contributed by atoms with E-state index in [1.165, 1.54) is 16.7 Å². The molecule has 27 heavy (non-hydrogen) atoms. The normalized spacial score (nSPS) is 11.5. The number of nitrogens with zero attached hydrogens (tertiary/aromatic N) is 2. The van der Waals surface area contributed by atoms with Crippen LogP contribution in [0, 0.1) is 0 Å². The van der Waals surface area contributed by atoms with Gasteiger partial charge in [-0.2, -0.15) is 0 Å². The molecule has 0 amide bonds. The van der Waals surface area contributed by atoms with Gasteiger partial charge in [0.05, 0.1) is 13.7 Å². The molecule has 0 fully saturated rings. The second-order valence-corrected chi connectivity index (χ2v) is 6.55. The fourth-order valence-corrected chi connectivity index (χ4v) is 2.69. The third kappa shape index (κ3) is 7.31. The van der Waals surface area contributed by atoms with E-state index < -0.39 is 0 Å². The highest BCUT2D eigenvalue weighted by Crippen LogP contribution is 2.11. The van der Waals surface area contributed by atoms with Gasteiger partial charge >= 0.3 is 0 Å². The summed E-state index contributed by atoms with van der Waals surface area (Å²) in [5.41, 5.74) is 3.73. The van der Waals surface area contributed by atoms with Gasteiger partial charge in [0.2, 0.25) is 0 Å². The van der Waals surface area contributed by atoms with Crippen LogP contribution in [0.1, 0.15) is 30.5 Å². The van der Waals surface area contributed by atoms with Crippen molar-refractivity contribution in [2.24, 2.45) is 4.99 Å². The standard InChI is InChI=1S/C22H32N4O/c1-5-23-22(24-15-18-10-12-21(27-4)13-11-18)25-16-19-8-7-9-20(14-19)17-26(3)6-2/h7-14H,5-6,15-17H2,1-4H3,(H2,23,24,25). The van der Waals surface area contributed by atoms with Crippen molar-refractivity contribution < 1.29 is 4.74 Å². The molecular weight excluding hydrogens is 336 g/mol. The maximum Gasteiger partial charge on any atom is 0.191 e. The molecule has 5 heteroatoms. The summed E-state index contributed by atoms with van der Waals surface area (Å²) in [7, 11) is 3.82. The first-order valence-corrected chi connectivity index (χ1v) is 9.56. The van der Waals surface area contributed by atoms with E-state index in [9.17, 15) is 0 Å². The van der Waals surface area contributed by atoms with Crippen LogP contribution in [0.25, 0.3) is 0 Å². The third-order valence-corrected chi connectivity index (χ3v) is 4.37. The lowest BCUT2D eigenvalue weighted by atomic mass is 10.1. The Balaban J connectivity index is 1.96. The molecule has 0 unspecified atom stereocenters. The molecule has 0 radical (unpaired) electrons. The van der Waals surface area contributed by atoms with Gasteiger partial charge in [0, 0.05) is 19.6 Å². The maximum absolute atomic E-state index is 5.20. The summed E-state index contributed by atoms with van der Waals surface area (Å²) < 4.78 is 5.20. The highest BCUT2D eigenvalue weighted by Gasteiger charge is 2.02. The molecule has 0 spiro atoms. The summed E-state index contributed by atoms with van der Waals surface area (Å²) in [5.74, 6) is 1.69. The van der Waals surface area contributed by atoms with Gasteiger partial charge in [0.25, 0.3) is 0 Å². The molecule has 0 saturated carbocycles. The zero-order valence-corrected chi connectivity index (χ0v) is 17.0. The molecule has 2 aromatic carbocycles. The SMILES string of the molecule is CCNC(=NCc1cccc(CN(C)CC)c1)NCc1ccc(OC)cc1. The molecule has 0 saturated heterocycles. The minimum atomic E-state index is 0.654. The molecule has 2 rings (SSSR count). The number of rotatable bonds is 9. The van der Waals surface area contributed by atoms with Crippen LogP contribution >= 0.6 is 0 Å². The van der Waals surface area contributed by atoms with Crippen LogP contribution < -0.4 is 15.4 Å². The van der Waals surface area contributed by atoms with Crippen molar-refractivity contribution >= 4 is 5.96 Å². The van der Waals surface area contributed by atoms with E-state index in [0.717, 1.165) is 37.9 Å². The molecule has 0 bridgehead atoms. The Kier molecular flexibility index (Phi) is 8.65. The van der Waals surface area contributed by atoms with Crippen molar-refractivity contribution in [3.63, 3.8) is 0 Å². The van der Waals surface area contributed by atoms with Crippen molar-refractivity contribution in [2.45, 2.75) is 33.5 Å². The van der Waals surface area contributed by atoms with Gasteiger partial charge in [-0.25, -0.2) is 4.99 Å². The summed E-state index contributed by atoms with van der Waals surface area (Å²) in [6.07, 6.45) is 0. The van der Waals surface area contributed by atoms with Gasteiger partial charge < -0.3 is 20.3 Å². The van der Waals surface area contributed by atoms with Crippen LogP contribution in [0.4, 0.5) is 0 Å². The van der Waals surface area contributed by atoms with Crippen molar-refractivity contribution in [1.29, 1.82) is 0 Å². The zero-order valence-electron chi connectivity index (χ0n) is 17.0. The molecular formula is C22H32N4O. The van der Waals surface area contributed by atoms with Crippen molar-refractivity contribution in [2.75, 3.05) is 27.2 Å². The lowest BCUT2D eigenvalue weighted by Crippen LogP contribution is -2.36. The van der Waals surface area contributed by atoms with Crippen LogP contribution in [-0.4, -0.2) is 38.1 Å². The Morgan fingerprint density at radius 2 is 1.74 bits per heavy atom. The minimum absolute atomic E-state index is 0.654.